The number of fused-ring (bicyclic) bond motifs is 1. The van der Waals surface area contributed by atoms with Crippen molar-refractivity contribution in [2.75, 3.05) is 0 Å². The van der Waals surface area contributed by atoms with Crippen molar-refractivity contribution in [2.24, 2.45) is 0 Å². The van der Waals surface area contributed by atoms with Crippen molar-refractivity contribution in [1.82, 2.24) is 24.5 Å². The van der Waals surface area contributed by atoms with E-state index in [2.05, 4.69) is 64.3 Å². The predicted molar refractivity (Wildman–Crippen MR) is 132 cm³/mol. The third kappa shape index (κ3) is 3.94. The molecule has 162 valence electrons. The van der Waals surface area contributed by atoms with E-state index in [9.17, 15) is 5.26 Å². The topological polar surface area (TPSA) is 72.3 Å². The Morgan fingerprint density at radius 3 is 2.64 bits per heavy atom. The van der Waals surface area contributed by atoms with Gasteiger partial charge in [0.05, 0.1) is 35.1 Å². The van der Waals surface area contributed by atoms with E-state index < -0.39 is 0 Å². The molecule has 0 radical (unpaired) electrons. The molecule has 6 nitrogen and oxygen atoms in total. The van der Waals surface area contributed by atoms with Crippen LogP contribution in [0.2, 0.25) is 0 Å². The van der Waals surface area contributed by atoms with Crippen LogP contribution >= 0.6 is 15.9 Å². The summed E-state index contributed by atoms with van der Waals surface area (Å²) < 4.78 is 4.54. The second-order valence-corrected chi connectivity index (χ2v) is 9.05. The van der Waals surface area contributed by atoms with Gasteiger partial charge in [-0.15, -0.1) is 0 Å². The van der Waals surface area contributed by atoms with Crippen molar-refractivity contribution in [3.8, 4) is 22.9 Å². The van der Waals surface area contributed by atoms with Gasteiger partial charge in [-0.05, 0) is 57.2 Å². The lowest BCUT2D eigenvalue weighted by Gasteiger charge is -2.06. The Balaban J connectivity index is 1.63. The molecule has 0 aliphatic carbocycles. The third-order valence-corrected chi connectivity index (χ3v) is 6.25. The fourth-order valence-corrected chi connectivity index (χ4v) is 4.44. The fraction of sp³-hybridized carbons (Fsp3) is 0.154. The molecular formula is C26H21BrN6. The minimum atomic E-state index is 0.206. The van der Waals surface area contributed by atoms with Crippen LogP contribution in [0, 0.1) is 11.3 Å². The number of halogens is 1. The Kier molecular flexibility index (Phi) is 5.53. The lowest BCUT2D eigenvalue weighted by atomic mass is 10.0. The summed E-state index contributed by atoms with van der Waals surface area (Å²) in [5.41, 5.74) is 6.48. The van der Waals surface area contributed by atoms with E-state index in [-0.39, 0.29) is 5.92 Å². The van der Waals surface area contributed by atoms with Crippen molar-refractivity contribution < 1.29 is 0 Å². The van der Waals surface area contributed by atoms with Crippen molar-refractivity contribution in [1.29, 1.82) is 5.26 Å². The molecule has 5 rings (SSSR count). The molecule has 0 saturated heterocycles. The van der Waals surface area contributed by atoms with Gasteiger partial charge in [-0.25, -0.2) is 9.67 Å². The molecule has 0 N–H and O–H groups in total. The van der Waals surface area contributed by atoms with E-state index in [1.54, 1.807) is 6.07 Å². The summed E-state index contributed by atoms with van der Waals surface area (Å²) in [5, 5.41) is 19.8. The van der Waals surface area contributed by atoms with Gasteiger partial charge in [0.1, 0.15) is 6.07 Å². The van der Waals surface area contributed by atoms with Crippen LogP contribution in [0.25, 0.3) is 27.8 Å². The SMILES string of the molecule is CC(C)c1nn(-c2ccc(C#N)c(Br)c2)c2nccc(-c3cnn(Cc4ccccc4)c3)c12. The zero-order chi connectivity index (χ0) is 22.9. The van der Waals surface area contributed by atoms with E-state index in [1.807, 2.05) is 58.2 Å². The molecule has 0 saturated carbocycles. The summed E-state index contributed by atoms with van der Waals surface area (Å²) in [6, 6.07) is 20.1. The normalized spacial score (nSPS) is 11.2. The molecule has 33 heavy (non-hydrogen) atoms. The minimum absolute atomic E-state index is 0.206. The van der Waals surface area contributed by atoms with Gasteiger partial charge in [-0.1, -0.05) is 44.2 Å². The molecule has 0 amide bonds. The number of aromatic nitrogens is 5. The zero-order valence-corrected chi connectivity index (χ0v) is 19.9. The Hall–Kier alpha value is -3.76. The largest absolute Gasteiger partial charge is 0.268 e. The highest BCUT2D eigenvalue weighted by Gasteiger charge is 2.20. The van der Waals surface area contributed by atoms with Crippen molar-refractivity contribution in [2.45, 2.75) is 26.3 Å². The molecular weight excluding hydrogens is 476 g/mol. The lowest BCUT2D eigenvalue weighted by molar-refractivity contribution is 0.687. The van der Waals surface area contributed by atoms with Crippen LogP contribution in [-0.2, 0) is 6.54 Å². The molecule has 0 bridgehead atoms. The number of pyridine rings is 1. The second kappa shape index (κ2) is 8.64. The maximum absolute atomic E-state index is 9.26. The van der Waals surface area contributed by atoms with Gasteiger partial charge in [-0.3, -0.25) is 4.68 Å². The average molecular weight is 497 g/mol. The summed E-state index contributed by atoms with van der Waals surface area (Å²) in [6.07, 6.45) is 5.78. The van der Waals surface area contributed by atoms with Gasteiger partial charge in [0.2, 0.25) is 0 Å². The van der Waals surface area contributed by atoms with Crippen molar-refractivity contribution >= 4 is 27.0 Å². The van der Waals surface area contributed by atoms with Gasteiger partial charge >= 0.3 is 0 Å². The standard InChI is InChI=1S/C26H21BrN6/c1-17(2)25-24-22(20-14-30-32(16-20)15-18-6-4-3-5-7-18)10-11-29-26(24)33(31-25)21-9-8-19(13-28)23(27)12-21/h3-12,14,16-17H,15H2,1-2H3. The number of rotatable bonds is 5. The van der Waals surface area contributed by atoms with E-state index >= 15 is 0 Å². The molecule has 0 atom stereocenters. The van der Waals surface area contributed by atoms with Crippen molar-refractivity contribution in [3.63, 3.8) is 0 Å². The van der Waals surface area contributed by atoms with Crippen LogP contribution in [-0.4, -0.2) is 24.5 Å². The first-order valence-electron chi connectivity index (χ1n) is 10.7. The van der Waals surface area contributed by atoms with Crippen LogP contribution in [0.5, 0.6) is 0 Å². The summed E-state index contributed by atoms with van der Waals surface area (Å²) >= 11 is 3.49. The van der Waals surface area contributed by atoms with Gasteiger partial charge in [0.25, 0.3) is 0 Å². The maximum atomic E-state index is 9.26. The quantitative estimate of drug-likeness (QED) is 0.295. The smallest absolute Gasteiger partial charge is 0.163 e. The lowest BCUT2D eigenvalue weighted by Crippen LogP contribution is -1.99. The molecule has 7 heteroatoms. The summed E-state index contributed by atoms with van der Waals surface area (Å²) in [6.45, 7) is 4.98. The highest BCUT2D eigenvalue weighted by atomic mass is 79.9. The number of hydrogen-bond donors (Lipinski definition) is 0. The Bertz CT molecular complexity index is 1490. The first kappa shape index (κ1) is 21.1. The van der Waals surface area contributed by atoms with Gasteiger partial charge in [-0.2, -0.15) is 15.5 Å². The Morgan fingerprint density at radius 2 is 1.91 bits per heavy atom. The van der Waals surface area contributed by atoms with Crippen LogP contribution < -0.4 is 0 Å². The van der Waals surface area contributed by atoms with Crippen molar-refractivity contribution in [3.05, 3.63) is 94.5 Å². The van der Waals surface area contributed by atoms with Gasteiger partial charge in [0, 0.05) is 22.4 Å². The van der Waals surface area contributed by atoms with Gasteiger partial charge < -0.3 is 0 Å². The molecule has 2 aromatic carbocycles. The molecule has 0 aliphatic rings. The van der Waals surface area contributed by atoms with Gasteiger partial charge in [0.15, 0.2) is 5.65 Å². The molecule has 0 fully saturated rings. The zero-order valence-electron chi connectivity index (χ0n) is 18.3. The molecule has 0 aliphatic heterocycles. The minimum Gasteiger partial charge on any atom is -0.268 e. The van der Waals surface area contributed by atoms with Crippen LogP contribution in [0.4, 0.5) is 0 Å². The third-order valence-electron chi connectivity index (χ3n) is 5.59. The Morgan fingerprint density at radius 1 is 1.09 bits per heavy atom. The molecule has 0 unspecified atom stereocenters. The highest BCUT2D eigenvalue weighted by molar-refractivity contribution is 9.10. The van der Waals surface area contributed by atoms with Crippen LogP contribution in [0.15, 0.2) is 77.7 Å². The number of nitrogens with zero attached hydrogens (tertiary/aromatic N) is 6. The van der Waals surface area contributed by atoms with E-state index in [0.29, 0.717) is 12.1 Å². The molecule has 0 spiro atoms. The molecule has 3 aromatic heterocycles. The Labute approximate surface area is 200 Å². The molecule has 5 aromatic rings. The summed E-state index contributed by atoms with van der Waals surface area (Å²) in [5.74, 6) is 0.206. The van der Waals surface area contributed by atoms with E-state index in [4.69, 9.17) is 5.10 Å². The average Bonchev–Trinajstić information content (AvgIpc) is 3.44. The fourth-order valence-electron chi connectivity index (χ4n) is 3.98. The predicted octanol–water partition coefficient (Wildman–Crippen LogP) is 6.09. The highest BCUT2D eigenvalue weighted by Crippen LogP contribution is 2.34. The monoisotopic (exact) mass is 496 g/mol. The van der Waals surface area contributed by atoms with E-state index in [1.165, 1.54) is 5.56 Å². The second-order valence-electron chi connectivity index (χ2n) is 8.20. The number of hydrogen-bond acceptors (Lipinski definition) is 4. The first-order valence-corrected chi connectivity index (χ1v) is 11.5. The van der Waals surface area contributed by atoms with Crippen LogP contribution in [0.1, 0.15) is 36.6 Å². The molecule has 3 heterocycles. The number of nitriles is 1. The van der Waals surface area contributed by atoms with Crippen LogP contribution in [0.3, 0.4) is 0 Å². The summed E-state index contributed by atoms with van der Waals surface area (Å²) in [7, 11) is 0. The summed E-state index contributed by atoms with van der Waals surface area (Å²) in [4.78, 5) is 4.69. The number of benzene rings is 2. The maximum Gasteiger partial charge on any atom is 0.163 e. The van der Waals surface area contributed by atoms with E-state index in [0.717, 1.165) is 38.0 Å². The first-order chi connectivity index (χ1) is 16.0.